The molecule has 2 aliphatic rings. The first-order valence-electron chi connectivity index (χ1n) is 9.41. The van der Waals surface area contributed by atoms with Crippen molar-refractivity contribution in [1.82, 2.24) is 0 Å². The van der Waals surface area contributed by atoms with Crippen molar-refractivity contribution in [2.24, 2.45) is 29.6 Å². The van der Waals surface area contributed by atoms with Crippen molar-refractivity contribution >= 4 is 0 Å². The molecule has 0 bridgehead atoms. The summed E-state index contributed by atoms with van der Waals surface area (Å²) in [5.74, 6) is 6.83. The number of halogens is 2. The summed E-state index contributed by atoms with van der Waals surface area (Å²) in [6.45, 7) is 7.71. The number of alkyl halides is 2. The number of hydrogen-bond acceptors (Lipinski definition) is 0. The van der Waals surface area contributed by atoms with Crippen molar-refractivity contribution in [3.8, 4) is 11.8 Å². The van der Waals surface area contributed by atoms with Gasteiger partial charge >= 0.3 is 0 Å². The van der Waals surface area contributed by atoms with Crippen LogP contribution in [-0.4, -0.2) is 12.3 Å². The molecule has 0 aliphatic heterocycles. The highest BCUT2D eigenvalue weighted by Gasteiger charge is 2.41. The highest BCUT2D eigenvalue weighted by Crippen LogP contribution is 2.43. The molecular formula is C21H32F2. The van der Waals surface area contributed by atoms with E-state index in [-0.39, 0.29) is 11.8 Å². The maximum absolute atomic E-state index is 14.4. The molecule has 2 unspecified atom stereocenters. The van der Waals surface area contributed by atoms with Gasteiger partial charge in [-0.05, 0) is 56.3 Å². The molecule has 23 heavy (non-hydrogen) atoms. The zero-order chi connectivity index (χ0) is 16.8. The zero-order valence-electron chi connectivity index (χ0n) is 14.7. The van der Waals surface area contributed by atoms with Crippen molar-refractivity contribution in [3.63, 3.8) is 0 Å². The third-order valence-corrected chi connectivity index (χ3v) is 5.71. The lowest BCUT2D eigenvalue weighted by Gasteiger charge is -2.39. The summed E-state index contributed by atoms with van der Waals surface area (Å²) in [5, 5.41) is 0. The molecule has 2 rings (SSSR count). The molecule has 0 amide bonds. The van der Waals surface area contributed by atoms with Crippen LogP contribution in [-0.2, 0) is 0 Å². The summed E-state index contributed by atoms with van der Waals surface area (Å²) < 4.78 is 28.9. The lowest BCUT2D eigenvalue weighted by molar-refractivity contribution is 0.0383. The first-order valence-corrected chi connectivity index (χ1v) is 9.41. The van der Waals surface area contributed by atoms with Crippen molar-refractivity contribution in [3.05, 3.63) is 12.7 Å². The van der Waals surface area contributed by atoms with Crippen LogP contribution in [0.25, 0.3) is 0 Å². The number of allylic oxidation sites excluding steroid dienone is 1. The molecule has 130 valence electrons. The second kappa shape index (κ2) is 8.86. The Bertz CT molecular complexity index is 411. The van der Waals surface area contributed by atoms with E-state index in [2.05, 4.69) is 18.4 Å². The minimum atomic E-state index is -1.09. The van der Waals surface area contributed by atoms with Crippen LogP contribution in [0, 0.1) is 41.4 Å². The van der Waals surface area contributed by atoms with E-state index in [0.717, 1.165) is 25.2 Å². The van der Waals surface area contributed by atoms with Crippen LogP contribution in [0.3, 0.4) is 0 Å². The standard InChI is InChI=1S/C21H32F2/c1-4-5-6-16-8-10-17(11-9-16)18-13-20(22)19(21(23)14-18)12-7-15(2)3/h4,15-21H,1,5-6,8-11,13-14H2,2-3H3. The van der Waals surface area contributed by atoms with Crippen molar-refractivity contribution in [1.29, 1.82) is 0 Å². The van der Waals surface area contributed by atoms with Crippen molar-refractivity contribution in [2.45, 2.75) is 77.6 Å². The van der Waals surface area contributed by atoms with E-state index in [1.165, 1.54) is 19.3 Å². The van der Waals surface area contributed by atoms with Gasteiger partial charge < -0.3 is 0 Å². The molecule has 2 atom stereocenters. The summed E-state index contributed by atoms with van der Waals surface area (Å²) in [4.78, 5) is 0. The predicted octanol–water partition coefficient (Wildman–Crippen LogP) is 6.12. The molecule has 0 heterocycles. The lowest BCUT2D eigenvalue weighted by Crippen LogP contribution is -2.38. The van der Waals surface area contributed by atoms with Crippen LogP contribution in [0.15, 0.2) is 12.7 Å². The van der Waals surface area contributed by atoms with Crippen molar-refractivity contribution < 1.29 is 8.78 Å². The fraction of sp³-hybridized carbons (Fsp3) is 0.810. The molecule has 0 aromatic carbocycles. The molecule has 2 aliphatic carbocycles. The summed E-state index contributed by atoms with van der Waals surface area (Å²) in [5.41, 5.74) is 0. The Morgan fingerprint density at radius 3 is 2.17 bits per heavy atom. The summed E-state index contributed by atoms with van der Waals surface area (Å²) >= 11 is 0. The molecule has 0 aromatic heterocycles. The average molecular weight is 322 g/mol. The first-order chi connectivity index (χ1) is 11.0. The second-order valence-corrected chi connectivity index (χ2v) is 7.88. The van der Waals surface area contributed by atoms with Crippen LogP contribution >= 0.6 is 0 Å². The topological polar surface area (TPSA) is 0 Å². The Kier molecular flexibility index (Phi) is 7.12. The minimum Gasteiger partial charge on any atom is -0.246 e. The highest BCUT2D eigenvalue weighted by molar-refractivity contribution is 5.11. The van der Waals surface area contributed by atoms with E-state index in [4.69, 9.17) is 0 Å². The van der Waals surface area contributed by atoms with Gasteiger partial charge in [0, 0.05) is 5.92 Å². The molecule has 0 N–H and O–H groups in total. The molecular weight excluding hydrogens is 290 g/mol. The van der Waals surface area contributed by atoms with Crippen LogP contribution in [0.1, 0.15) is 65.2 Å². The third-order valence-electron chi connectivity index (χ3n) is 5.71. The minimum absolute atomic E-state index is 0.179. The first kappa shape index (κ1) is 18.5. The van der Waals surface area contributed by atoms with Crippen LogP contribution in [0.5, 0.6) is 0 Å². The lowest BCUT2D eigenvalue weighted by atomic mass is 9.67. The molecule has 0 saturated heterocycles. The van der Waals surface area contributed by atoms with Gasteiger partial charge in [-0.15, -0.1) is 6.58 Å². The zero-order valence-corrected chi connectivity index (χ0v) is 14.7. The van der Waals surface area contributed by atoms with Gasteiger partial charge in [0.05, 0.1) is 5.92 Å². The number of rotatable bonds is 4. The Balaban J connectivity index is 1.85. The van der Waals surface area contributed by atoms with E-state index in [0.29, 0.717) is 18.8 Å². The summed E-state index contributed by atoms with van der Waals surface area (Å²) in [7, 11) is 0. The SMILES string of the molecule is C=CCCC1CCC(C2CC(F)C(C#CC(C)C)C(F)C2)CC1. The molecule has 0 spiro atoms. The fourth-order valence-corrected chi connectivity index (χ4v) is 4.32. The Hall–Kier alpha value is -0.840. The van der Waals surface area contributed by atoms with E-state index in [1.54, 1.807) is 0 Å². The quantitative estimate of drug-likeness (QED) is 0.432. The van der Waals surface area contributed by atoms with E-state index >= 15 is 0 Å². The van der Waals surface area contributed by atoms with Gasteiger partial charge in [0.25, 0.3) is 0 Å². The van der Waals surface area contributed by atoms with Crippen LogP contribution in [0.4, 0.5) is 8.78 Å². The summed E-state index contributed by atoms with van der Waals surface area (Å²) in [6.07, 6.45) is 7.90. The molecule has 2 saturated carbocycles. The van der Waals surface area contributed by atoms with Gasteiger partial charge in [0.1, 0.15) is 12.3 Å². The third kappa shape index (κ3) is 5.33. The van der Waals surface area contributed by atoms with Gasteiger partial charge in [-0.1, -0.05) is 44.6 Å². The molecule has 0 radical (unpaired) electrons. The molecule has 0 nitrogen and oxygen atoms in total. The van der Waals surface area contributed by atoms with Gasteiger partial charge in [-0.2, -0.15) is 0 Å². The van der Waals surface area contributed by atoms with E-state index in [1.807, 2.05) is 19.9 Å². The Morgan fingerprint density at radius 1 is 1.04 bits per heavy atom. The van der Waals surface area contributed by atoms with Crippen LogP contribution in [0.2, 0.25) is 0 Å². The van der Waals surface area contributed by atoms with Crippen LogP contribution < -0.4 is 0 Å². The normalized spacial score (nSPS) is 38.0. The second-order valence-electron chi connectivity index (χ2n) is 7.88. The van der Waals surface area contributed by atoms with Gasteiger partial charge in [0.15, 0.2) is 0 Å². The Morgan fingerprint density at radius 2 is 1.65 bits per heavy atom. The van der Waals surface area contributed by atoms with Gasteiger partial charge in [-0.25, -0.2) is 8.78 Å². The number of hydrogen-bond donors (Lipinski definition) is 0. The van der Waals surface area contributed by atoms with E-state index < -0.39 is 18.3 Å². The summed E-state index contributed by atoms with van der Waals surface area (Å²) in [6, 6.07) is 0. The molecule has 0 aromatic rings. The van der Waals surface area contributed by atoms with E-state index in [9.17, 15) is 8.78 Å². The maximum Gasteiger partial charge on any atom is 0.117 e. The maximum atomic E-state index is 14.4. The van der Waals surface area contributed by atoms with Gasteiger partial charge in [-0.3, -0.25) is 0 Å². The fourth-order valence-electron chi connectivity index (χ4n) is 4.32. The van der Waals surface area contributed by atoms with Gasteiger partial charge in [0.2, 0.25) is 0 Å². The monoisotopic (exact) mass is 322 g/mol. The largest absolute Gasteiger partial charge is 0.246 e. The highest BCUT2D eigenvalue weighted by atomic mass is 19.1. The average Bonchev–Trinajstić information content (AvgIpc) is 2.52. The van der Waals surface area contributed by atoms with Crippen molar-refractivity contribution in [2.75, 3.05) is 0 Å². The predicted molar refractivity (Wildman–Crippen MR) is 93.5 cm³/mol. The molecule has 2 heteroatoms. The smallest absolute Gasteiger partial charge is 0.117 e. The molecule has 2 fully saturated rings. The Labute approximate surface area is 141 Å².